The maximum atomic E-state index is 13.8. The van der Waals surface area contributed by atoms with Crippen molar-refractivity contribution >= 4 is 23.4 Å². The van der Waals surface area contributed by atoms with Crippen molar-refractivity contribution < 1.29 is 23.9 Å². The lowest BCUT2D eigenvalue weighted by molar-refractivity contribution is -0.140. The number of anilines is 1. The first-order valence-corrected chi connectivity index (χ1v) is 16.6. The molecule has 2 aromatic rings. The summed E-state index contributed by atoms with van der Waals surface area (Å²) < 4.78 is 11.3. The fourth-order valence-electron chi connectivity index (χ4n) is 6.57. The SMILES string of the molecule is CCCCOc1ccc(NC(=O)CN2CC[C@H]3NC(=O)[C@@H](Cc4ccccc4)NC(=O)C4(C/C=C/C[C@H]3C2)CCOCC4)cc1. The number of allylic oxidation sites excluding steroid dienone is 2. The molecule has 0 radical (unpaired) electrons. The third-order valence-corrected chi connectivity index (χ3v) is 9.37. The molecule has 242 valence electrons. The van der Waals surface area contributed by atoms with Crippen LogP contribution in [0.3, 0.4) is 0 Å². The van der Waals surface area contributed by atoms with Gasteiger partial charge in [-0.25, -0.2) is 0 Å². The van der Waals surface area contributed by atoms with Crippen LogP contribution >= 0.6 is 0 Å². The monoisotopic (exact) mass is 616 g/mol. The summed E-state index contributed by atoms with van der Waals surface area (Å²) in [4.78, 5) is 42.7. The van der Waals surface area contributed by atoms with Crippen molar-refractivity contribution in [1.82, 2.24) is 15.5 Å². The van der Waals surface area contributed by atoms with Crippen molar-refractivity contribution in [3.05, 3.63) is 72.3 Å². The van der Waals surface area contributed by atoms with E-state index in [1.165, 1.54) is 0 Å². The Balaban J connectivity index is 1.25. The Morgan fingerprint density at radius 3 is 2.58 bits per heavy atom. The quantitative estimate of drug-likeness (QED) is 0.283. The number of carbonyl (C=O) groups excluding carboxylic acids is 3. The van der Waals surface area contributed by atoms with Gasteiger partial charge in [0, 0.05) is 44.5 Å². The van der Waals surface area contributed by atoms with E-state index < -0.39 is 11.5 Å². The van der Waals surface area contributed by atoms with Gasteiger partial charge in [0.05, 0.1) is 18.6 Å². The van der Waals surface area contributed by atoms with Gasteiger partial charge in [-0.05, 0) is 74.3 Å². The summed E-state index contributed by atoms with van der Waals surface area (Å²) in [5, 5.41) is 9.47. The smallest absolute Gasteiger partial charge is 0.243 e. The van der Waals surface area contributed by atoms with Crippen LogP contribution < -0.4 is 20.7 Å². The third-order valence-electron chi connectivity index (χ3n) is 9.37. The highest BCUT2D eigenvalue weighted by atomic mass is 16.5. The zero-order chi connectivity index (χ0) is 31.5. The van der Waals surface area contributed by atoms with Gasteiger partial charge < -0.3 is 25.4 Å². The summed E-state index contributed by atoms with van der Waals surface area (Å²) in [6.45, 7) is 5.57. The lowest BCUT2D eigenvalue weighted by Crippen LogP contribution is -2.58. The van der Waals surface area contributed by atoms with E-state index in [0.29, 0.717) is 58.6 Å². The average molecular weight is 617 g/mol. The number of carbonyl (C=O) groups is 3. The van der Waals surface area contributed by atoms with Gasteiger partial charge in [0.1, 0.15) is 11.8 Å². The van der Waals surface area contributed by atoms with Gasteiger partial charge in [-0.2, -0.15) is 0 Å². The average Bonchev–Trinajstić information content (AvgIpc) is 3.05. The molecule has 3 heterocycles. The molecule has 0 aromatic heterocycles. The van der Waals surface area contributed by atoms with Crippen LogP contribution in [-0.2, 0) is 25.5 Å². The summed E-state index contributed by atoms with van der Waals surface area (Å²) >= 11 is 0. The van der Waals surface area contributed by atoms with Crippen LogP contribution in [0, 0.1) is 11.3 Å². The summed E-state index contributed by atoms with van der Waals surface area (Å²) in [5.41, 5.74) is 1.16. The highest BCUT2D eigenvalue weighted by Crippen LogP contribution is 2.36. The molecule has 0 aliphatic carbocycles. The molecule has 0 saturated carbocycles. The van der Waals surface area contributed by atoms with E-state index in [4.69, 9.17) is 9.47 Å². The van der Waals surface area contributed by atoms with E-state index in [0.717, 1.165) is 42.7 Å². The van der Waals surface area contributed by atoms with Crippen LogP contribution in [0.1, 0.15) is 57.4 Å². The van der Waals surface area contributed by atoms with Gasteiger partial charge in [-0.1, -0.05) is 55.8 Å². The molecular formula is C36H48N4O5. The molecule has 3 N–H and O–H groups in total. The summed E-state index contributed by atoms with van der Waals surface area (Å²) in [7, 11) is 0. The molecule has 0 unspecified atom stereocenters. The van der Waals surface area contributed by atoms with Crippen LogP contribution in [0.25, 0.3) is 0 Å². The minimum absolute atomic E-state index is 0.0478. The first kappa shape index (κ1) is 32.7. The molecule has 2 saturated heterocycles. The Kier molecular flexibility index (Phi) is 11.7. The van der Waals surface area contributed by atoms with Crippen LogP contribution in [0.15, 0.2) is 66.7 Å². The highest BCUT2D eigenvalue weighted by Gasteiger charge is 2.41. The number of ether oxygens (including phenoxy) is 2. The van der Waals surface area contributed by atoms with E-state index in [1.807, 2.05) is 54.6 Å². The number of piperidine rings is 1. The van der Waals surface area contributed by atoms with E-state index in [2.05, 4.69) is 39.9 Å². The molecule has 3 aliphatic heterocycles. The number of rotatable bonds is 9. The Bertz CT molecular complexity index is 1290. The van der Waals surface area contributed by atoms with Crippen molar-refractivity contribution in [3.8, 4) is 5.75 Å². The van der Waals surface area contributed by atoms with Gasteiger partial charge in [0.2, 0.25) is 17.7 Å². The molecule has 2 aromatic carbocycles. The fraction of sp³-hybridized carbons (Fsp3) is 0.528. The van der Waals surface area contributed by atoms with Gasteiger partial charge in [0.15, 0.2) is 0 Å². The summed E-state index contributed by atoms with van der Waals surface area (Å²) in [6.07, 6.45) is 10.2. The molecule has 9 nitrogen and oxygen atoms in total. The number of likely N-dealkylation sites (tertiary alicyclic amines) is 1. The van der Waals surface area contributed by atoms with Gasteiger partial charge in [-0.15, -0.1) is 0 Å². The lowest BCUT2D eigenvalue weighted by Gasteiger charge is -2.40. The standard InChI is InChI=1S/C36H48N4O5/c1-2-3-21-45-30-14-12-29(13-15-30)37-33(41)26-40-20-16-31-28(25-40)11-7-8-17-36(18-22-44-23-19-36)35(43)39-32(34(42)38-31)24-27-9-5-4-6-10-27/h4-10,12-15,28,31-32H,2-3,11,16-26H2,1H3,(H,37,41)(H,38,42)(H,39,43)/b8-7+/t28-,31+,32+/m0/s1. The second-order valence-electron chi connectivity index (χ2n) is 12.7. The van der Waals surface area contributed by atoms with Gasteiger partial charge in [0.25, 0.3) is 0 Å². The Hall–Kier alpha value is -3.69. The maximum Gasteiger partial charge on any atom is 0.243 e. The number of benzene rings is 2. The Morgan fingerprint density at radius 1 is 1.04 bits per heavy atom. The van der Waals surface area contributed by atoms with E-state index in [1.54, 1.807) is 0 Å². The molecule has 5 rings (SSSR count). The van der Waals surface area contributed by atoms with Crippen molar-refractivity contribution in [2.45, 2.75) is 70.4 Å². The molecule has 3 atom stereocenters. The molecule has 9 heteroatoms. The highest BCUT2D eigenvalue weighted by molar-refractivity contribution is 5.92. The maximum absolute atomic E-state index is 13.8. The molecule has 45 heavy (non-hydrogen) atoms. The number of hydrogen-bond acceptors (Lipinski definition) is 6. The second kappa shape index (κ2) is 16.0. The number of nitrogens with zero attached hydrogens (tertiary/aromatic N) is 1. The van der Waals surface area contributed by atoms with Crippen LogP contribution in [0.4, 0.5) is 5.69 Å². The zero-order valence-electron chi connectivity index (χ0n) is 26.5. The third kappa shape index (κ3) is 9.17. The van der Waals surface area contributed by atoms with Crippen LogP contribution in [0.5, 0.6) is 5.75 Å². The molecule has 3 aliphatic rings. The summed E-state index contributed by atoms with van der Waals surface area (Å²) in [6, 6.07) is 16.6. The first-order chi connectivity index (χ1) is 21.9. The van der Waals surface area contributed by atoms with Crippen LogP contribution in [0.2, 0.25) is 0 Å². The number of amides is 3. The van der Waals surface area contributed by atoms with Crippen molar-refractivity contribution in [3.63, 3.8) is 0 Å². The van der Waals surface area contributed by atoms with E-state index in [9.17, 15) is 14.4 Å². The molecule has 2 fully saturated rings. The number of fused-ring (bicyclic) bond motifs is 1. The topological polar surface area (TPSA) is 109 Å². The number of nitrogens with one attached hydrogen (secondary N) is 3. The normalized spacial score (nSPS) is 24.7. The molecule has 1 spiro atoms. The van der Waals surface area contributed by atoms with Crippen molar-refractivity contribution in [2.24, 2.45) is 11.3 Å². The molecule has 3 amide bonds. The lowest BCUT2D eigenvalue weighted by atomic mass is 9.75. The number of hydrogen-bond donors (Lipinski definition) is 3. The minimum Gasteiger partial charge on any atom is -0.494 e. The van der Waals surface area contributed by atoms with Crippen molar-refractivity contribution in [2.75, 3.05) is 44.8 Å². The largest absolute Gasteiger partial charge is 0.494 e. The number of unbranched alkanes of at least 4 members (excludes halogenated alkanes) is 1. The fourth-order valence-corrected chi connectivity index (χ4v) is 6.57. The zero-order valence-corrected chi connectivity index (χ0v) is 26.5. The van der Waals surface area contributed by atoms with E-state index in [-0.39, 0.29) is 36.2 Å². The first-order valence-electron chi connectivity index (χ1n) is 16.6. The predicted octanol–water partition coefficient (Wildman–Crippen LogP) is 4.49. The predicted molar refractivity (Wildman–Crippen MR) is 175 cm³/mol. The minimum atomic E-state index is -0.670. The summed E-state index contributed by atoms with van der Waals surface area (Å²) in [5.74, 6) is 0.664. The van der Waals surface area contributed by atoms with E-state index >= 15 is 0 Å². The molecular weight excluding hydrogens is 568 g/mol. The van der Waals surface area contributed by atoms with Crippen LogP contribution in [-0.4, -0.2) is 74.2 Å². The Labute approximate surface area is 267 Å². The second-order valence-corrected chi connectivity index (χ2v) is 12.7. The molecule has 0 bridgehead atoms. The van der Waals surface area contributed by atoms with Gasteiger partial charge >= 0.3 is 0 Å². The van der Waals surface area contributed by atoms with Crippen molar-refractivity contribution in [1.29, 1.82) is 0 Å². The van der Waals surface area contributed by atoms with Gasteiger partial charge in [-0.3, -0.25) is 19.3 Å². The Morgan fingerprint density at radius 2 is 1.82 bits per heavy atom.